The van der Waals surface area contributed by atoms with Gasteiger partial charge in [-0.15, -0.1) is 11.3 Å². The number of thiophene rings is 1. The van der Waals surface area contributed by atoms with Crippen LogP contribution in [0.15, 0.2) is 22.2 Å². The molecule has 2 rings (SSSR count). The van der Waals surface area contributed by atoms with Crippen LogP contribution >= 0.6 is 38.9 Å². The fourth-order valence-electron chi connectivity index (χ4n) is 1.00. The Balaban J connectivity index is 2.63. The number of nitrogens with two attached hydrogens (primary N) is 1. The smallest absolute Gasteiger partial charge is 0.146 e. The SMILES string of the molecule is Nc1ncnc(-c2sccc2Br)c1Cl. The Kier molecular flexibility index (Phi) is 2.71. The molecule has 0 fully saturated rings. The molecular weight excluding hydrogens is 286 g/mol. The second-order valence-electron chi connectivity index (χ2n) is 2.52. The molecule has 0 spiro atoms. The molecule has 3 nitrogen and oxygen atoms in total. The van der Waals surface area contributed by atoms with Crippen molar-refractivity contribution in [3.8, 4) is 10.6 Å². The van der Waals surface area contributed by atoms with Gasteiger partial charge in [-0.3, -0.25) is 0 Å². The van der Waals surface area contributed by atoms with Crippen molar-refractivity contribution in [2.24, 2.45) is 0 Å². The van der Waals surface area contributed by atoms with Gasteiger partial charge in [-0.1, -0.05) is 11.6 Å². The van der Waals surface area contributed by atoms with E-state index in [0.717, 1.165) is 9.35 Å². The van der Waals surface area contributed by atoms with Crippen molar-refractivity contribution in [2.75, 3.05) is 5.73 Å². The average molecular weight is 291 g/mol. The summed E-state index contributed by atoms with van der Waals surface area (Å²) in [5, 5.41) is 2.35. The van der Waals surface area contributed by atoms with Gasteiger partial charge in [0.15, 0.2) is 0 Å². The number of rotatable bonds is 1. The highest BCUT2D eigenvalue weighted by molar-refractivity contribution is 9.10. The zero-order chi connectivity index (χ0) is 10.1. The van der Waals surface area contributed by atoms with E-state index in [0.29, 0.717) is 16.5 Å². The highest BCUT2D eigenvalue weighted by Crippen LogP contribution is 2.37. The first kappa shape index (κ1) is 9.89. The van der Waals surface area contributed by atoms with Gasteiger partial charge in [0.25, 0.3) is 0 Å². The summed E-state index contributed by atoms with van der Waals surface area (Å²) in [5.41, 5.74) is 6.25. The predicted octanol–water partition coefficient (Wildman–Crippen LogP) is 3.20. The minimum atomic E-state index is 0.303. The van der Waals surface area contributed by atoms with Crippen LogP contribution in [-0.4, -0.2) is 9.97 Å². The highest BCUT2D eigenvalue weighted by Gasteiger charge is 2.12. The van der Waals surface area contributed by atoms with Crippen LogP contribution in [0.4, 0.5) is 5.82 Å². The molecule has 2 aromatic heterocycles. The van der Waals surface area contributed by atoms with Crippen LogP contribution in [0.1, 0.15) is 0 Å². The maximum atomic E-state index is 5.99. The summed E-state index contributed by atoms with van der Waals surface area (Å²) in [7, 11) is 0. The van der Waals surface area contributed by atoms with Crippen molar-refractivity contribution in [3.05, 3.63) is 27.3 Å². The Hall–Kier alpha value is -0.650. The molecule has 0 atom stereocenters. The third kappa shape index (κ3) is 1.63. The summed E-state index contributed by atoms with van der Waals surface area (Å²) in [5.74, 6) is 0.303. The molecule has 0 amide bonds. The van der Waals surface area contributed by atoms with Gasteiger partial charge in [-0.2, -0.15) is 0 Å². The van der Waals surface area contributed by atoms with Crippen LogP contribution in [-0.2, 0) is 0 Å². The highest BCUT2D eigenvalue weighted by atomic mass is 79.9. The van der Waals surface area contributed by atoms with E-state index in [1.807, 2.05) is 11.4 Å². The van der Waals surface area contributed by atoms with Crippen LogP contribution in [0, 0.1) is 0 Å². The Morgan fingerprint density at radius 1 is 1.43 bits per heavy atom. The third-order valence-corrected chi connectivity index (χ3v) is 3.87. The van der Waals surface area contributed by atoms with Gasteiger partial charge in [0.05, 0.1) is 4.88 Å². The van der Waals surface area contributed by atoms with Crippen LogP contribution in [0.3, 0.4) is 0 Å². The van der Waals surface area contributed by atoms with Crippen LogP contribution < -0.4 is 5.73 Å². The summed E-state index contributed by atoms with van der Waals surface area (Å²) in [6.07, 6.45) is 1.41. The van der Waals surface area contributed by atoms with Gasteiger partial charge in [-0.25, -0.2) is 9.97 Å². The van der Waals surface area contributed by atoms with Crippen molar-refractivity contribution < 1.29 is 0 Å². The maximum Gasteiger partial charge on any atom is 0.146 e. The van der Waals surface area contributed by atoms with Gasteiger partial charge >= 0.3 is 0 Å². The average Bonchev–Trinajstić information content (AvgIpc) is 2.57. The maximum absolute atomic E-state index is 5.99. The molecule has 0 aliphatic heterocycles. The monoisotopic (exact) mass is 289 g/mol. The van der Waals surface area contributed by atoms with E-state index in [1.165, 1.54) is 6.33 Å². The zero-order valence-corrected chi connectivity index (χ0v) is 10.0. The molecule has 2 aromatic rings. The Morgan fingerprint density at radius 3 is 2.86 bits per heavy atom. The first-order valence-electron chi connectivity index (χ1n) is 3.69. The Labute approximate surface area is 98.1 Å². The summed E-state index contributed by atoms with van der Waals surface area (Å²) >= 11 is 11.0. The first-order valence-corrected chi connectivity index (χ1v) is 5.74. The molecule has 6 heteroatoms. The molecule has 0 saturated carbocycles. The second-order valence-corrected chi connectivity index (χ2v) is 4.67. The standard InChI is InChI=1S/C8H5BrClN3S/c9-4-1-2-14-7(4)6-5(10)8(11)13-3-12-6/h1-3H,(H2,11,12,13). The molecule has 0 saturated heterocycles. The Morgan fingerprint density at radius 2 is 2.21 bits per heavy atom. The summed E-state index contributed by atoms with van der Waals surface area (Å²) < 4.78 is 0.961. The van der Waals surface area contributed by atoms with Gasteiger partial charge in [0.2, 0.25) is 0 Å². The molecule has 0 bridgehead atoms. The molecule has 2 heterocycles. The number of anilines is 1. The first-order chi connectivity index (χ1) is 6.70. The van der Waals surface area contributed by atoms with E-state index >= 15 is 0 Å². The second kappa shape index (κ2) is 3.84. The largest absolute Gasteiger partial charge is 0.382 e. The predicted molar refractivity (Wildman–Crippen MR) is 62.5 cm³/mol. The lowest BCUT2D eigenvalue weighted by atomic mass is 10.3. The van der Waals surface area contributed by atoms with Gasteiger partial charge in [-0.05, 0) is 27.4 Å². The molecule has 0 unspecified atom stereocenters. The number of nitrogens with zero attached hydrogens (tertiary/aromatic N) is 2. The van der Waals surface area contributed by atoms with E-state index in [1.54, 1.807) is 11.3 Å². The number of nitrogen functional groups attached to an aromatic ring is 1. The fraction of sp³-hybridized carbons (Fsp3) is 0. The number of hydrogen-bond donors (Lipinski definition) is 1. The van der Waals surface area contributed by atoms with Crippen molar-refractivity contribution in [1.82, 2.24) is 9.97 Å². The topological polar surface area (TPSA) is 51.8 Å². The van der Waals surface area contributed by atoms with Crippen LogP contribution in [0.2, 0.25) is 5.02 Å². The van der Waals surface area contributed by atoms with E-state index in [4.69, 9.17) is 17.3 Å². The van der Waals surface area contributed by atoms with Crippen molar-refractivity contribution in [1.29, 1.82) is 0 Å². The van der Waals surface area contributed by atoms with Gasteiger partial charge in [0, 0.05) is 4.47 Å². The molecule has 14 heavy (non-hydrogen) atoms. The van der Waals surface area contributed by atoms with Gasteiger partial charge in [0.1, 0.15) is 22.9 Å². The Bertz CT molecular complexity index is 471. The lowest BCUT2D eigenvalue weighted by Crippen LogP contribution is -1.94. The zero-order valence-electron chi connectivity index (χ0n) is 6.87. The van der Waals surface area contributed by atoms with E-state index in [2.05, 4.69) is 25.9 Å². The lowest BCUT2D eigenvalue weighted by Gasteiger charge is -2.02. The number of hydrogen-bond acceptors (Lipinski definition) is 4. The van der Waals surface area contributed by atoms with Crippen molar-refractivity contribution >= 4 is 44.7 Å². The summed E-state index contributed by atoms with van der Waals surface area (Å²) in [6, 6.07) is 1.94. The van der Waals surface area contributed by atoms with Crippen LogP contribution in [0.5, 0.6) is 0 Å². The van der Waals surface area contributed by atoms with Gasteiger partial charge < -0.3 is 5.73 Å². The lowest BCUT2D eigenvalue weighted by molar-refractivity contribution is 1.18. The summed E-state index contributed by atoms with van der Waals surface area (Å²) in [4.78, 5) is 8.86. The fourth-order valence-corrected chi connectivity index (χ4v) is 2.82. The molecule has 0 radical (unpaired) electrons. The third-order valence-electron chi connectivity index (χ3n) is 1.65. The van der Waals surface area contributed by atoms with Crippen LogP contribution in [0.25, 0.3) is 10.6 Å². The molecule has 72 valence electrons. The normalized spacial score (nSPS) is 10.4. The minimum Gasteiger partial charge on any atom is -0.382 e. The van der Waals surface area contributed by atoms with E-state index in [-0.39, 0.29) is 0 Å². The van der Waals surface area contributed by atoms with E-state index in [9.17, 15) is 0 Å². The summed E-state index contributed by atoms with van der Waals surface area (Å²) in [6.45, 7) is 0. The van der Waals surface area contributed by atoms with E-state index < -0.39 is 0 Å². The number of aromatic nitrogens is 2. The molecule has 0 aromatic carbocycles. The minimum absolute atomic E-state index is 0.303. The van der Waals surface area contributed by atoms with Crippen molar-refractivity contribution in [3.63, 3.8) is 0 Å². The molecule has 0 aliphatic rings. The molecule has 2 N–H and O–H groups in total. The molecule has 0 aliphatic carbocycles. The quantitative estimate of drug-likeness (QED) is 0.877. The molecular formula is C8H5BrClN3S. The van der Waals surface area contributed by atoms with Crippen molar-refractivity contribution in [2.45, 2.75) is 0 Å². The number of halogens is 2.